The SMILES string of the molecule is CCCNC(C)(C#N)CC(C)N1CCCC(OCCC)C1. The van der Waals surface area contributed by atoms with Crippen LogP contribution in [0.4, 0.5) is 0 Å². The molecule has 0 aromatic carbocycles. The third kappa shape index (κ3) is 6.34. The molecule has 1 aliphatic heterocycles. The van der Waals surface area contributed by atoms with Gasteiger partial charge in [-0.1, -0.05) is 13.8 Å². The lowest BCUT2D eigenvalue weighted by Crippen LogP contribution is -2.50. The Morgan fingerprint density at radius 2 is 2.19 bits per heavy atom. The Kier molecular flexibility index (Phi) is 8.24. The average Bonchev–Trinajstić information content (AvgIpc) is 2.51. The first-order chi connectivity index (χ1) is 10.0. The minimum atomic E-state index is -0.424. The van der Waals surface area contributed by atoms with E-state index in [0.29, 0.717) is 12.1 Å². The number of hydrogen-bond donors (Lipinski definition) is 1. The smallest absolute Gasteiger partial charge is 0.105 e. The minimum absolute atomic E-state index is 0.373. The zero-order chi connectivity index (χ0) is 15.7. The van der Waals surface area contributed by atoms with E-state index >= 15 is 0 Å². The van der Waals surface area contributed by atoms with Crippen molar-refractivity contribution in [2.75, 3.05) is 26.2 Å². The van der Waals surface area contributed by atoms with E-state index in [9.17, 15) is 5.26 Å². The Morgan fingerprint density at radius 3 is 2.81 bits per heavy atom. The van der Waals surface area contributed by atoms with E-state index in [4.69, 9.17) is 4.74 Å². The van der Waals surface area contributed by atoms with Gasteiger partial charge in [0.2, 0.25) is 0 Å². The van der Waals surface area contributed by atoms with Crippen LogP contribution < -0.4 is 5.32 Å². The lowest BCUT2D eigenvalue weighted by molar-refractivity contribution is -0.0132. The number of nitriles is 1. The van der Waals surface area contributed by atoms with Crippen LogP contribution in [0.5, 0.6) is 0 Å². The molecule has 0 radical (unpaired) electrons. The molecule has 4 heteroatoms. The van der Waals surface area contributed by atoms with Gasteiger partial charge in [0.05, 0.1) is 12.2 Å². The Bertz CT molecular complexity index is 328. The van der Waals surface area contributed by atoms with E-state index in [1.165, 1.54) is 12.8 Å². The fourth-order valence-corrected chi connectivity index (χ4v) is 3.07. The van der Waals surface area contributed by atoms with Gasteiger partial charge in [-0.25, -0.2) is 0 Å². The predicted molar refractivity (Wildman–Crippen MR) is 87.2 cm³/mol. The molecule has 0 amide bonds. The summed E-state index contributed by atoms with van der Waals surface area (Å²) in [6.45, 7) is 12.5. The van der Waals surface area contributed by atoms with Crippen LogP contribution in [0.3, 0.4) is 0 Å². The predicted octanol–water partition coefficient (Wildman–Crippen LogP) is 2.94. The van der Waals surface area contributed by atoms with Gasteiger partial charge >= 0.3 is 0 Å². The van der Waals surface area contributed by atoms with Gasteiger partial charge in [-0.15, -0.1) is 0 Å². The standard InChI is InChI=1S/C17H33N3O/c1-5-9-19-17(4,14-18)12-15(3)20-10-7-8-16(13-20)21-11-6-2/h15-16,19H,5-13H2,1-4H3. The highest BCUT2D eigenvalue weighted by Crippen LogP contribution is 2.21. The molecule has 1 rings (SSSR count). The van der Waals surface area contributed by atoms with Gasteiger partial charge in [-0.05, 0) is 59.0 Å². The van der Waals surface area contributed by atoms with Crippen LogP contribution in [-0.2, 0) is 4.74 Å². The van der Waals surface area contributed by atoms with Gasteiger partial charge in [0.25, 0.3) is 0 Å². The van der Waals surface area contributed by atoms with Crippen LogP contribution in [0.15, 0.2) is 0 Å². The first-order valence-electron chi connectivity index (χ1n) is 8.56. The first kappa shape index (κ1) is 18.4. The van der Waals surface area contributed by atoms with Crippen molar-refractivity contribution in [2.24, 2.45) is 0 Å². The van der Waals surface area contributed by atoms with E-state index in [1.54, 1.807) is 0 Å². The quantitative estimate of drug-likeness (QED) is 0.710. The van der Waals surface area contributed by atoms with Crippen molar-refractivity contribution in [3.05, 3.63) is 0 Å². The second-order valence-corrected chi connectivity index (χ2v) is 6.55. The number of hydrogen-bond acceptors (Lipinski definition) is 4. The van der Waals surface area contributed by atoms with Crippen molar-refractivity contribution in [3.8, 4) is 6.07 Å². The molecule has 1 saturated heterocycles. The van der Waals surface area contributed by atoms with Crippen LogP contribution in [0, 0.1) is 11.3 Å². The van der Waals surface area contributed by atoms with Crippen molar-refractivity contribution >= 4 is 0 Å². The highest BCUT2D eigenvalue weighted by Gasteiger charge is 2.30. The van der Waals surface area contributed by atoms with Crippen molar-refractivity contribution in [2.45, 2.75) is 77.5 Å². The summed E-state index contributed by atoms with van der Waals surface area (Å²) < 4.78 is 5.91. The van der Waals surface area contributed by atoms with Crippen LogP contribution in [0.25, 0.3) is 0 Å². The van der Waals surface area contributed by atoms with Crippen LogP contribution in [0.1, 0.15) is 59.8 Å². The molecule has 1 heterocycles. The fraction of sp³-hybridized carbons (Fsp3) is 0.941. The second-order valence-electron chi connectivity index (χ2n) is 6.55. The fourth-order valence-electron chi connectivity index (χ4n) is 3.07. The molecule has 21 heavy (non-hydrogen) atoms. The maximum Gasteiger partial charge on any atom is 0.105 e. The number of likely N-dealkylation sites (tertiary alicyclic amines) is 1. The molecule has 1 fully saturated rings. The summed E-state index contributed by atoms with van der Waals surface area (Å²) in [6, 6.07) is 2.87. The van der Waals surface area contributed by atoms with Crippen LogP contribution >= 0.6 is 0 Å². The topological polar surface area (TPSA) is 48.3 Å². The van der Waals surface area contributed by atoms with E-state index in [1.807, 2.05) is 6.92 Å². The van der Waals surface area contributed by atoms with Gasteiger partial charge in [0.15, 0.2) is 0 Å². The molecule has 122 valence electrons. The minimum Gasteiger partial charge on any atom is -0.377 e. The lowest BCUT2D eigenvalue weighted by atomic mass is 9.93. The second kappa shape index (κ2) is 9.40. The third-order valence-electron chi connectivity index (χ3n) is 4.31. The molecule has 0 aromatic heterocycles. The molecule has 0 saturated carbocycles. The summed E-state index contributed by atoms with van der Waals surface area (Å²) in [6.07, 6.45) is 5.75. The Balaban J connectivity index is 2.49. The molecule has 0 bridgehead atoms. The molecule has 4 nitrogen and oxygen atoms in total. The van der Waals surface area contributed by atoms with Crippen molar-refractivity contribution in [1.29, 1.82) is 5.26 Å². The van der Waals surface area contributed by atoms with Crippen LogP contribution in [0.2, 0.25) is 0 Å². The Hall–Kier alpha value is -0.630. The number of rotatable bonds is 9. The lowest BCUT2D eigenvalue weighted by Gasteiger charge is -2.39. The highest BCUT2D eigenvalue weighted by atomic mass is 16.5. The summed E-state index contributed by atoms with van der Waals surface area (Å²) in [5, 5.41) is 12.9. The Labute approximate surface area is 130 Å². The molecule has 3 atom stereocenters. The van der Waals surface area contributed by atoms with Gasteiger partial charge < -0.3 is 4.74 Å². The maximum atomic E-state index is 9.47. The first-order valence-corrected chi connectivity index (χ1v) is 8.56. The van der Waals surface area contributed by atoms with E-state index < -0.39 is 5.54 Å². The Morgan fingerprint density at radius 1 is 1.43 bits per heavy atom. The number of nitrogens with one attached hydrogen (secondary N) is 1. The average molecular weight is 295 g/mol. The maximum absolute atomic E-state index is 9.47. The van der Waals surface area contributed by atoms with E-state index in [0.717, 1.165) is 45.5 Å². The molecule has 0 aromatic rings. The van der Waals surface area contributed by atoms with Crippen molar-refractivity contribution in [1.82, 2.24) is 10.2 Å². The molecule has 0 spiro atoms. The number of nitrogens with zero attached hydrogens (tertiary/aromatic N) is 2. The van der Waals surface area contributed by atoms with Crippen molar-refractivity contribution < 1.29 is 4.74 Å². The molecule has 0 aliphatic carbocycles. The van der Waals surface area contributed by atoms with Gasteiger partial charge in [-0.2, -0.15) is 5.26 Å². The summed E-state index contributed by atoms with van der Waals surface area (Å²) in [5.41, 5.74) is -0.424. The number of piperidine rings is 1. The third-order valence-corrected chi connectivity index (χ3v) is 4.31. The van der Waals surface area contributed by atoms with E-state index in [2.05, 4.69) is 37.1 Å². The van der Waals surface area contributed by atoms with Gasteiger partial charge in [0.1, 0.15) is 5.54 Å². The monoisotopic (exact) mass is 295 g/mol. The molecule has 1 N–H and O–H groups in total. The number of ether oxygens (including phenoxy) is 1. The van der Waals surface area contributed by atoms with Gasteiger partial charge in [0, 0.05) is 19.2 Å². The zero-order valence-electron chi connectivity index (χ0n) is 14.3. The van der Waals surface area contributed by atoms with E-state index in [-0.39, 0.29) is 0 Å². The largest absolute Gasteiger partial charge is 0.377 e. The molecule has 1 aliphatic rings. The summed E-state index contributed by atoms with van der Waals surface area (Å²) in [7, 11) is 0. The van der Waals surface area contributed by atoms with Crippen molar-refractivity contribution in [3.63, 3.8) is 0 Å². The summed E-state index contributed by atoms with van der Waals surface area (Å²) >= 11 is 0. The van der Waals surface area contributed by atoms with Gasteiger partial charge in [-0.3, -0.25) is 10.2 Å². The highest BCUT2D eigenvalue weighted by molar-refractivity contribution is 5.05. The summed E-state index contributed by atoms with van der Waals surface area (Å²) in [5.74, 6) is 0. The zero-order valence-corrected chi connectivity index (χ0v) is 14.3. The molecular weight excluding hydrogens is 262 g/mol. The summed E-state index contributed by atoms with van der Waals surface area (Å²) in [4.78, 5) is 2.49. The molecule has 3 unspecified atom stereocenters. The normalized spacial score (nSPS) is 24.2. The molecular formula is C17H33N3O. The van der Waals surface area contributed by atoms with Crippen LogP contribution in [-0.4, -0.2) is 48.8 Å².